The van der Waals surface area contributed by atoms with E-state index in [2.05, 4.69) is 20.6 Å². The van der Waals surface area contributed by atoms with Crippen LogP contribution in [-0.2, 0) is 4.74 Å². The van der Waals surface area contributed by atoms with Crippen molar-refractivity contribution in [1.82, 2.24) is 15.3 Å². The van der Waals surface area contributed by atoms with E-state index in [4.69, 9.17) is 4.74 Å². The maximum absolute atomic E-state index is 12.0. The van der Waals surface area contributed by atoms with Gasteiger partial charge in [-0.25, -0.2) is 14.8 Å². The molecule has 1 amide bonds. The van der Waals surface area contributed by atoms with Gasteiger partial charge in [-0.2, -0.15) is 0 Å². The van der Waals surface area contributed by atoms with Crippen molar-refractivity contribution in [1.29, 1.82) is 0 Å². The fraction of sp³-hybridized carbons (Fsp3) is 0.294. The molecule has 1 aromatic heterocycles. The Bertz CT molecular complexity index is 714. The first-order valence-electron chi connectivity index (χ1n) is 7.66. The van der Waals surface area contributed by atoms with Crippen molar-refractivity contribution >= 4 is 23.4 Å². The van der Waals surface area contributed by atoms with Gasteiger partial charge >= 0.3 is 5.97 Å². The lowest BCUT2D eigenvalue weighted by atomic mass is 10.2. The molecule has 7 nitrogen and oxygen atoms in total. The standard InChI is InChI=1S/C17H20N4O3/c1-4-24-17(23)12-5-7-13(8-6-12)21-15-9-14(18-10-19-15)16(22)20-11(2)3/h5-11H,4H2,1-3H3,(H,20,22)(H,18,19,21). The molecule has 0 unspecified atom stereocenters. The van der Waals surface area contributed by atoms with Crippen molar-refractivity contribution in [2.45, 2.75) is 26.8 Å². The number of anilines is 2. The summed E-state index contributed by atoms with van der Waals surface area (Å²) in [4.78, 5) is 31.6. The van der Waals surface area contributed by atoms with Gasteiger partial charge in [-0.05, 0) is 45.0 Å². The van der Waals surface area contributed by atoms with Crippen LogP contribution in [0, 0.1) is 0 Å². The zero-order chi connectivity index (χ0) is 17.5. The molecule has 0 aliphatic heterocycles. The van der Waals surface area contributed by atoms with Gasteiger partial charge in [0.15, 0.2) is 0 Å². The van der Waals surface area contributed by atoms with Crippen molar-refractivity contribution in [3.8, 4) is 0 Å². The molecule has 0 aliphatic carbocycles. The van der Waals surface area contributed by atoms with Gasteiger partial charge in [0, 0.05) is 17.8 Å². The summed E-state index contributed by atoms with van der Waals surface area (Å²) in [5, 5.41) is 5.84. The second-order valence-corrected chi connectivity index (χ2v) is 5.34. The van der Waals surface area contributed by atoms with Crippen molar-refractivity contribution in [2.75, 3.05) is 11.9 Å². The van der Waals surface area contributed by atoms with Crippen molar-refractivity contribution in [2.24, 2.45) is 0 Å². The third kappa shape index (κ3) is 4.77. The van der Waals surface area contributed by atoms with Gasteiger partial charge < -0.3 is 15.4 Å². The average molecular weight is 328 g/mol. The van der Waals surface area contributed by atoms with Crippen LogP contribution in [0.25, 0.3) is 0 Å². The number of carbonyl (C=O) groups excluding carboxylic acids is 2. The molecular weight excluding hydrogens is 308 g/mol. The molecule has 0 saturated heterocycles. The third-order valence-electron chi connectivity index (χ3n) is 2.99. The summed E-state index contributed by atoms with van der Waals surface area (Å²) in [6, 6.07) is 8.39. The van der Waals surface area contributed by atoms with Gasteiger partial charge in [0.05, 0.1) is 12.2 Å². The van der Waals surface area contributed by atoms with E-state index in [1.165, 1.54) is 6.33 Å². The first-order chi connectivity index (χ1) is 11.5. The number of nitrogens with zero attached hydrogens (tertiary/aromatic N) is 2. The fourth-order valence-corrected chi connectivity index (χ4v) is 1.94. The predicted molar refractivity (Wildman–Crippen MR) is 90.3 cm³/mol. The molecule has 2 N–H and O–H groups in total. The lowest BCUT2D eigenvalue weighted by molar-refractivity contribution is 0.0526. The van der Waals surface area contributed by atoms with Crippen LogP contribution >= 0.6 is 0 Å². The zero-order valence-corrected chi connectivity index (χ0v) is 13.9. The minimum absolute atomic E-state index is 0.0271. The number of aromatic nitrogens is 2. The molecule has 0 fully saturated rings. The normalized spacial score (nSPS) is 10.3. The number of amides is 1. The summed E-state index contributed by atoms with van der Waals surface area (Å²) in [6.07, 6.45) is 1.32. The van der Waals surface area contributed by atoms with Crippen molar-refractivity contribution in [3.63, 3.8) is 0 Å². The highest BCUT2D eigenvalue weighted by atomic mass is 16.5. The Hall–Kier alpha value is -2.96. The molecular formula is C17H20N4O3. The Morgan fingerprint density at radius 3 is 2.50 bits per heavy atom. The molecule has 0 saturated carbocycles. The molecule has 0 bridgehead atoms. The Morgan fingerprint density at radius 1 is 1.17 bits per heavy atom. The highest BCUT2D eigenvalue weighted by molar-refractivity contribution is 5.93. The van der Waals surface area contributed by atoms with Gasteiger partial charge in [-0.1, -0.05) is 0 Å². The summed E-state index contributed by atoms with van der Waals surface area (Å²) < 4.78 is 4.94. The van der Waals surface area contributed by atoms with Crippen LogP contribution in [0.2, 0.25) is 0 Å². The molecule has 0 aliphatic rings. The Balaban J connectivity index is 2.08. The number of nitrogens with one attached hydrogen (secondary N) is 2. The molecule has 0 radical (unpaired) electrons. The van der Waals surface area contributed by atoms with Crippen molar-refractivity contribution < 1.29 is 14.3 Å². The summed E-state index contributed by atoms with van der Waals surface area (Å²) >= 11 is 0. The number of hydrogen-bond donors (Lipinski definition) is 2. The summed E-state index contributed by atoms with van der Waals surface area (Å²) in [5.41, 5.74) is 1.49. The first-order valence-corrected chi connectivity index (χ1v) is 7.66. The van der Waals surface area contributed by atoms with Crippen LogP contribution in [-0.4, -0.2) is 34.5 Å². The molecule has 0 atom stereocenters. The van der Waals surface area contributed by atoms with E-state index in [-0.39, 0.29) is 23.6 Å². The Labute approximate surface area is 140 Å². The third-order valence-corrected chi connectivity index (χ3v) is 2.99. The molecule has 0 spiro atoms. The molecule has 126 valence electrons. The fourth-order valence-electron chi connectivity index (χ4n) is 1.94. The van der Waals surface area contributed by atoms with E-state index in [0.717, 1.165) is 5.69 Å². The topological polar surface area (TPSA) is 93.2 Å². The number of hydrogen-bond acceptors (Lipinski definition) is 6. The number of carbonyl (C=O) groups is 2. The van der Waals surface area contributed by atoms with Crippen LogP contribution < -0.4 is 10.6 Å². The van der Waals surface area contributed by atoms with Crippen molar-refractivity contribution in [3.05, 3.63) is 47.9 Å². The highest BCUT2D eigenvalue weighted by Gasteiger charge is 2.10. The second-order valence-electron chi connectivity index (χ2n) is 5.34. The molecule has 2 aromatic rings. The number of benzene rings is 1. The van der Waals surface area contributed by atoms with Crippen LogP contribution in [0.1, 0.15) is 41.6 Å². The molecule has 1 aromatic carbocycles. The van der Waals surface area contributed by atoms with Gasteiger partial charge in [0.1, 0.15) is 17.8 Å². The van der Waals surface area contributed by atoms with E-state index in [0.29, 0.717) is 18.0 Å². The molecule has 24 heavy (non-hydrogen) atoms. The van der Waals surface area contributed by atoms with Gasteiger partial charge in [-0.3, -0.25) is 4.79 Å². The van der Waals surface area contributed by atoms with Gasteiger partial charge in [0.2, 0.25) is 0 Å². The van der Waals surface area contributed by atoms with Crippen LogP contribution in [0.4, 0.5) is 11.5 Å². The second kappa shape index (κ2) is 8.05. The number of rotatable bonds is 6. The molecule has 1 heterocycles. The maximum Gasteiger partial charge on any atom is 0.338 e. The minimum Gasteiger partial charge on any atom is -0.462 e. The van der Waals surface area contributed by atoms with E-state index in [1.54, 1.807) is 37.3 Å². The lowest BCUT2D eigenvalue weighted by Crippen LogP contribution is -2.30. The largest absolute Gasteiger partial charge is 0.462 e. The van der Waals surface area contributed by atoms with Crippen LogP contribution in [0.15, 0.2) is 36.7 Å². The van der Waals surface area contributed by atoms with Gasteiger partial charge in [0.25, 0.3) is 5.91 Å². The van der Waals surface area contributed by atoms with E-state index >= 15 is 0 Å². The number of ether oxygens (including phenoxy) is 1. The summed E-state index contributed by atoms with van der Waals surface area (Å²) in [5.74, 6) is -0.130. The van der Waals surface area contributed by atoms with Crippen LogP contribution in [0.5, 0.6) is 0 Å². The summed E-state index contributed by atoms with van der Waals surface area (Å²) in [6.45, 7) is 5.85. The SMILES string of the molecule is CCOC(=O)c1ccc(Nc2cc(C(=O)NC(C)C)ncn2)cc1. The quantitative estimate of drug-likeness (QED) is 0.792. The minimum atomic E-state index is -0.362. The molecule has 7 heteroatoms. The highest BCUT2D eigenvalue weighted by Crippen LogP contribution is 2.16. The maximum atomic E-state index is 12.0. The van der Waals surface area contributed by atoms with E-state index in [1.807, 2.05) is 13.8 Å². The Morgan fingerprint density at radius 2 is 1.88 bits per heavy atom. The van der Waals surface area contributed by atoms with Crippen LogP contribution in [0.3, 0.4) is 0 Å². The monoisotopic (exact) mass is 328 g/mol. The number of esters is 1. The smallest absolute Gasteiger partial charge is 0.338 e. The van der Waals surface area contributed by atoms with Gasteiger partial charge in [-0.15, -0.1) is 0 Å². The average Bonchev–Trinajstić information content (AvgIpc) is 2.55. The van der Waals surface area contributed by atoms with E-state index < -0.39 is 0 Å². The lowest BCUT2D eigenvalue weighted by Gasteiger charge is -2.09. The predicted octanol–water partition coefficient (Wildman–Crippen LogP) is 2.54. The zero-order valence-electron chi connectivity index (χ0n) is 13.9. The summed E-state index contributed by atoms with van der Waals surface area (Å²) in [7, 11) is 0. The van der Waals surface area contributed by atoms with E-state index in [9.17, 15) is 9.59 Å². The first kappa shape index (κ1) is 17.4. The Kier molecular flexibility index (Phi) is 5.83. The molecule has 2 rings (SSSR count).